The molecule has 0 saturated carbocycles. The Morgan fingerprint density at radius 3 is 2.52 bits per heavy atom. The van der Waals surface area contributed by atoms with Gasteiger partial charge in [-0.3, -0.25) is 4.79 Å². The maximum atomic E-state index is 14.0. The molecular weight excluding hydrogens is 350 g/mol. The number of nitrogens with one attached hydrogen (secondary N) is 1. The van der Waals surface area contributed by atoms with E-state index in [4.69, 9.17) is 0 Å². The van der Waals surface area contributed by atoms with E-state index in [-0.39, 0.29) is 12.5 Å². The second-order valence-corrected chi connectivity index (χ2v) is 8.22. The van der Waals surface area contributed by atoms with Gasteiger partial charge in [-0.1, -0.05) is 19.4 Å². The number of hydrogen-bond acceptors (Lipinski definition) is 3. The summed E-state index contributed by atoms with van der Waals surface area (Å²) < 4.78 is 54.5. The SMILES string of the molecule is CCCCNC(=O)C1CCC(C)N(S(=O)(=O)c2c(F)cccc2F)C1. The lowest BCUT2D eigenvalue weighted by Gasteiger charge is -2.36. The Morgan fingerprint density at radius 2 is 1.92 bits per heavy atom. The van der Waals surface area contributed by atoms with E-state index in [1.807, 2.05) is 6.92 Å². The van der Waals surface area contributed by atoms with Crippen LogP contribution in [-0.4, -0.2) is 37.8 Å². The molecule has 140 valence electrons. The topological polar surface area (TPSA) is 66.5 Å². The number of nitrogens with zero attached hydrogens (tertiary/aromatic N) is 1. The van der Waals surface area contributed by atoms with Crippen LogP contribution in [0.1, 0.15) is 39.5 Å². The van der Waals surface area contributed by atoms with Gasteiger partial charge < -0.3 is 5.32 Å². The second kappa shape index (κ2) is 8.23. The zero-order valence-electron chi connectivity index (χ0n) is 14.5. The predicted octanol–water partition coefficient (Wildman–Crippen LogP) is 2.67. The lowest BCUT2D eigenvalue weighted by Crippen LogP contribution is -2.49. The average Bonchev–Trinajstić information content (AvgIpc) is 2.54. The third-order valence-electron chi connectivity index (χ3n) is 4.51. The van der Waals surface area contributed by atoms with Gasteiger partial charge in [0.1, 0.15) is 11.6 Å². The van der Waals surface area contributed by atoms with E-state index < -0.39 is 38.5 Å². The van der Waals surface area contributed by atoms with E-state index in [2.05, 4.69) is 5.32 Å². The smallest absolute Gasteiger partial charge is 0.249 e. The van der Waals surface area contributed by atoms with E-state index in [1.165, 1.54) is 0 Å². The first-order valence-electron chi connectivity index (χ1n) is 8.52. The van der Waals surface area contributed by atoms with E-state index in [9.17, 15) is 22.0 Å². The van der Waals surface area contributed by atoms with Crippen molar-refractivity contribution in [1.82, 2.24) is 9.62 Å². The van der Waals surface area contributed by atoms with Crippen molar-refractivity contribution in [3.05, 3.63) is 29.8 Å². The van der Waals surface area contributed by atoms with Crippen molar-refractivity contribution in [2.24, 2.45) is 5.92 Å². The Balaban J connectivity index is 2.23. The van der Waals surface area contributed by atoms with Crippen LogP contribution >= 0.6 is 0 Å². The third kappa shape index (κ3) is 4.36. The molecule has 1 aromatic carbocycles. The highest BCUT2D eigenvalue weighted by atomic mass is 32.2. The summed E-state index contributed by atoms with van der Waals surface area (Å²) in [6, 6.07) is 2.52. The Bertz CT molecular complexity index is 704. The first-order chi connectivity index (χ1) is 11.8. The first-order valence-corrected chi connectivity index (χ1v) is 9.96. The maximum absolute atomic E-state index is 14.0. The minimum absolute atomic E-state index is 0.0742. The third-order valence-corrected chi connectivity index (χ3v) is 6.54. The number of hydrogen-bond donors (Lipinski definition) is 1. The quantitative estimate of drug-likeness (QED) is 0.779. The molecule has 0 aromatic heterocycles. The van der Waals surface area contributed by atoms with Gasteiger partial charge in [0.2, 0.25) is 15.9 Å². The van der Waals surface area contributed by atoms with Crippen LogP contribution in [0.5, 0.6) is 0 Å². The number of benzene rings is 1. The number of rotatable bonds is 6. The van der Waals surface area contributed by atoms with Crippen LogP contribution in [0.4, 0.5) is 8.78 Å². The summed E-state index contributed by atoms with van der Waals surface area (Å²) in [4.78, 5) is 11.3. The van der Waals surface area contributed by atoms with Crippen molar-refractivity contribution >= 4 is 15.9 Å². The lowest BCUT2D eigenvalue weighted by molar-refractivity contribution is -0.126. The van der Waals surface area contributed by atoms with Gasteiger partial charge in [0.25, 0.3) is 0 Å². The number of amides is 1. The van der Waals surface area contributed by atoms with E-state index in [0.717, 1.165) is 35.3 Å². The number of halogens is 2. The highest BCUT2D eigenvalue weighted by molar-refractivity contribution is 7.89. The molecule has 1 heterocycles. The van der Waals surface area contributed by atoms with Gasteiger partial charge in [0, 0.05) is 19.1 Å². The Morgan fingerprint density at radius 1 is 1.28 bits per heavy atom. The van der Waals surface area contributed by atoms with Gasteiger partial charge in [-0.2, -0.15) is 4.31 Å². The maximum Gasteiger partial charge on any atom is 0.249 e. The van der Waals surface area contributed by atoms with E-state index in [0.29, 0.717) is 19.4 Å². The van der Waals surface area contributed by atoms with Crippen molar-refractivity contribution in [1.29, 1.82) is 0 Å². The van der Waals surface area contributed by atoms with Crippen molar-refractivity contribution in [3.63, 3.8) is 0 Å². The molecule has 1 fully saturated rings. The predicted molar refractivity (Wildman–Crippen MR) is 90.4 cm³/mol. The number of carbonyl (C=O) groups excluding carboxylic acids is 1. The average molecular weight is 374 g/mol. The number of piperidine rings is 1. The number of unbranched alkanes of at least 4 members (excludes halogenated alkanes) is 1. The lowest BCUT2D eigenvalue weighted by atomic mass is 9.94. The molecule has 1 N–H and O–H groups in total. The molecule has 0 spiro atoms. The van der Waals surface area contributed by atoms with E-state index >= 15 is 0 Å². The normalized spacial score (nSPS) is 21.9. The fraction of sp³-hybridized carbons (Fsp3) is 0.588. The molecule has 0 radical (unpaired) electrons. The van der Waals surface area contributed by atoms with E-state index in [1.54, 1.807) is 6.92 Å². The summed E-state index contributed by atoms with van der Waals surface area (Å²) >= 11 is 0. The molecule has 8 heteroatoms. The van der Waals surface area contributed by atoms with Crippen LogP contribution in [0.2, 0.25) is 0 Å². The van der Waals surface area contributed by atoms with Gasteiger partial charge in [-0.05, 0) is 38.3 Å². The standard InChI is InChI=1S/C17H24F2N2O3S/c1-3-4-10-20-17(22)13-9-8-12(2)21(11-13)25(23,24)16-14(18)6-5-7-15(16)19/h5-7,12-13H,3-4,8-11H2,1-2H3,(H,20,22). The molecule has 1 aromatic rings. The summed E-state index contributed by atoms with van der Waals surface area (Å²) in [5.41, 5.74) is 0. The molecule has 1 aliphatic rings. The minimum atomic E-state index is -4.36. The summed E-state index contributed by atoms with van der Waals surface area (Å²) in [5, 5.41) is 2.79. The zero-order chi connectivity index (χ0) is 18.6. The second-order valence-electron chi connectivity index (χ2n) is 6.39. The van der Waals surface area contributed by atoms with Crippen LogP contribution in [-0.2, 0) is 14.8 Å². The fourth-order valence-corrected chi connectivity index (χ4v) is 4.82. The number of carbonyl (C=O) groups is 1. The van der Waals surface area contributed by atoms with Gasteiger partial charge in [-0.15, -0.1) is 0 Å². The molecule has 1 saturated heterocycles. The molecule has 1 aliphatic heterocycles. The summed E-state index contributed by atoms with van der Waals surface area (Å²) in [5.74, 6) is -2.98. The Kier molecular flexibility index (Phi) is 6.51. The van der Waals surface area contributed by atoms with Crippen molar-refractivity contribution in [2.45, 2.75) is 50.5 Å². The molecule has 2 rings (SSSR count). The first kappa shape index (κ1) is 19.8. The molecule has 2 unspecified atom stereocenters. The van der Waals surface area contributed by atoms with Gasteiger partial charge >= 0.3 is 0 Å². The molecule has 25 heavy (non-hydrogen) atoms. The van der Waals surface area contributed by atoms with Crippen LogP contribution in [0.25, 0.3) is 0 Å². The zero-order valence-corrected chi connectivity index (χ0v) is 15.3. The van der Waals surface area contributed by atoms with Crippen molar-refractivity contribution < 1.29 is 22.0 Å². The molecule has 0 aliphatic carbocycles. The van der Waals surface area contributed by atoms with Gasteiger partial charge in [0.05, 0.1) is 5.92 Å². The molecule has 1 amide bonds. The van der Waals surface area contributed by atoms with Gasteiger partial charge in [-0.25, -0.2) is 17.2 Å². The van der Waals surface area contributed by atoms with Crippen LogP contribution in [0, 0.1) is 17.6 Å². The Labute approximate surface area is 147 Å². The summed E-state index contributed by atoms with van der Waals surface area (Å²) in [6.07, 6.45) is 2.79. The van der Waals surface area contributed by atoms with Crippen molar-refractivity contribution in [3.8, 4) is 0 Å². The Hall–Kier alpha value is -1.54. The highest BCUT2D eigenvalue weighted by Crippen LogP contribution is 2.30. The van der Waals surface area contributed by atoms with Gasteiger partial charge in [0.15, 0.2) is 4.90 Å². The summed E-state index contributed by atoms with van der Waals surface area (Å²) in [7, 11) is -4.36. The molecule has 0 bridgehead atoms. The minimum Gasteiger partial charge on any atom is -0.356 e. The molecule has 5 nitrogen and oxygen atoms in total. The summed E-state index contributed by atoms with van der Waals surface area (Å²) in [6.45, 7) is 4.15. The van der Waals surface area contributed by atoms with Crippen molar-refractivity contribution in [2.75, 3.05) is 13.1 Å². The monoisotopic (exact) mass is 374 g/mol. The van der Waals surface area contributed by atoms with Crippen LogP contribution in [0.15, 0.2) is 23.1 Å². The van der Waals surface area contributed by atoms with Crippen LogP contribution in [0.3, 0.4) is 0 Å². The number of sulfonamides is 1. The molecular formula is C17H24F2N2O3S. The largest absolute Gasteiger partial charge is 0.356 e. The highest BCUT2D eigenvalue weighted by Gasteiger charge is 2.39. The molecule has 2 atom stereocenters. The fourth-order valence-electron chi connectivity index (χ4n) is 3.00. The van der Waals surface area contributed by atoms with Crippen LogP contribution < -0.4 is 5.32 Å².